The summed E-state index contributed by atoms with van der Waals surface area (Å²) >= 11 is 0. The second kappa shape index (κ2) is 8.44. The first-order chi connectivity index (χ1) is 14.5. The maximum Gasteiger partial charge on any atom is 0.270 e. The van der Waals surface area contributed by atoms with Crippen LogP contribution in [0.2, 0.25) is 0 Å². The lowest BCUT2D eigenvalue weighted by Gasteiger charge is -2.33. The van der Waals surface area contributed by atoms with E-state index in [1.165, 1.54) is 12.1 Å². The minimum absolute atomic E-state index is 0.0378. The largest absolute Gasteiger partial charge is 0.367 e. The number of piperidine rings is 1. The molecule has 8 heteroatoms. The van der Waals surface area contributed by atoms with Crippen molar-refractivity contribution in [3.63, 3.8) is 0 Å². The quantitative estimate of drug-likeness (QED) is 0.504. The zero-order valence-electron chi connectivity index (χ0n) is 17.1. The number of aromatic nitrogens is 3. The van der Waals surface area contributed by atoms with Crippen molar-refractivity contribution in [2.75, 3.05) is 23.3 Å². The van der Waals surface area contributed by atoms with Gasteiger partial charge in [-0.1, -0.05) is 18.2 Å². The van der Waals surface area contributed by atoms with Crippen molar-refractivity contribution in [2.24, 2.45) is 0 Å². The minimum Gasteiger partial charge on any atom is -0.367 e. The molecule has 1 aliphatic rings. The SMILES string of the molecule is Cc1cccc(NC2CCN(c3cc(C)nc(-c4cccc([N+](=O)[O-])c4)n3)CC2)n1. The van der Waals surface area contributed by atoms with Crippen LogP contribution in [-0.2, 0) is 0 Å². The highest BCUT2D eigenvalue weighted by Crippen LogP contribution is 2.26. The topological polar surface area (TPSA) is 97.1 Å². The average molecular weight is 404 g/mol. The van der Waals surface area contributed by atoms with Gasteiger partial charge >= 0.3 is 0 Å². The Balaban J connectivity index is 1.48. The number of rotatable bonds is 5. The molecule has 1 aromatic carbocycles. The molecule has 1 aliphatic heterocycles. The fraction of sp³-hybridized carbons (Fsp3) is 0.318. The maximum absolute atomic E-state index is 11.1. The Hall–Kier alpha value is -3.55. The molecule has 0 radical (unpaired) electrons. The van der Waals surface area contributed by atoms with Crippen LogP contribution in [0.3, 0.4) is 0 Å². The van der Waals surface area contributed by atoms with E-state index in [-0.39, 0.29) is 5.69 Å². The lowest BCUT2D eigenvalue weighted by molar-refractivity contribution is -0.384. The number of nitro benzene ring substituents is 1. The van der Waals surface area contributed by atoms with Crippen molar-refractivity contribution < 1.29 is 4.92 Å². The smallest absolute Gasteiger partial charge is 0.270 e. The predicted molar refractivity (Wildman–Crippen MR) is 117 cm³/mol. The minimum atomic E-state index is -0.402. The van der Waals surface area contributed by atoms with Gasteiger partial charge in [-0.2, -0.15) is 0 Å². The van der Waals surface area contributed by atoms with Crippen LogP contribution in [0.5, 0.6) is 0 Å². The Labute approximate surface area is 175 Å². The molecule has 2 aromatic heterocycles. The van der Waals surface area contributed by atoms with Gasteiger partial charge in [0.1, 0.15) is 11.6 Å². The third-order valence-electron chi connectivity index (χ3n) is 5.22. The van der Waals surface area contributed by atoms with Crippen molar-refractivity contribution in [1.29, 1.82) is 0 Å². The number of nitrogens with zero attached hydrogens (tertiary/aromatic N) is 5. The number of hydrogen-bond acceptors (Lipinski definition) is 7. The van der Waals surface area contributed by atoms with Crippen LogP contribution < -0.4 is 10.2 Å². The molecule has 0 saturated carbocycles. The molecule has 154 valence electrons. The maximum atomic E-state index is 11.1. The molecule has 0 atom stereocenters. The van der Waals surface area contributed by atoms with Crippen LogP contribution >= 0.6 is 0 Å². The van der Waals surface area contributed by atoms with E-state index in [1.54, 1.807) is 12.1 Å². The first kappa shape index (κ1) is 19.8. The van der Waals surface area contributed by atoms with Crippen LogP contribution in [0.1, 0.15) is 24.2 Å². The molecule has 30 heavy (non-hydrogen) atoms. The third-order valence-corrected chi connectivity index (χ3v) is 5.22. The summed E-state index contributed by atoms with van der Waals surface area (Å²) in [7, 11) is 0. The van der Waals surface area contributed by atoms with E-state index in [1.807, 2.05) is 38.1 Å². The van der Waals surface area contributed by atoms with Crippen molar-refractivity contribution >= 4 is 17.3 Å². The Kier molecular flexibility index (Phi) is 5.56. The van der Waals surface area contributed by atoms with E-state index in [9.17, 15) is 10.1 Å². The van der Waals surface area contributed by atoms with Gasteiger partial charge in [0.25, 0.3) is 5.69 Å². The number of benzene rings is 1. The van der Waals surface area contributed by atoms with E-state index >= 15 is 0 Å². The van der Waals surface area contributed by atoms with Crippen molar-refractivity contribution in [3.05, 3.63) is 70.0 Å². The lowest BCUT2D eigenvalue weighted by Crippen LogP contribution is -2.39. The van der Waals surface area contributed by atoms with Crippen LogP contribution in [0, 0.1) is 24.0 Å². The van der Waals surface area contributed by atoms with E-state index in [0.717, 1.165) is 49.0 Å². The summed E-state index contributed by atoms with van der Waals surface area (Å²) in [5.41, 5.74) is 2.53. The average Bonchev–Trinajstić information content (AvgIpc) is 2.74. The number of anilines is 2. The fourth-order valence-corrected chi connectivity index (χ4v) is 3.69. The second-order valence-electron chi connectivity index (χ2n) is 7.57. The Bertz CT molecular complexity index is 1060. The van der Waals surface area contributed by atoms with Gasteiger partial charge in [-0.05, 0) is 38.8 Å². The normalized spacial score (nSPS) is 14.5. The van der Waals surface area contributed by atoms with Gasteiger partial charge in [-0.3, -0.25) is 10.1 Å². The van der Waals surface area contributed by atoms with Crippen LogP contribution in [-0.4, -0.2) is 39.0 Å². The van der Waals surface area contributed by atoms with Gasteiger partial charge < -0.3 is 10.2 Å². The number of non-ortho nitro benzene ring substituents is 1. The van der Waals surface area contributed by atoms with Gasteiger partial charge in [-0.15, -0.1) is 0 Å². The zero-order chi connectivity index (χ0) is 21.1. The van der Waals surface area contributed by atoms with Crippen molar-refractivity contribution in [2.45, 2.75) is 32.7 Å². The Morgan fingerprint density at radius 2 is 1.77 bits per heavy atom. The number of nitro groups is 1. The molecule has 0 amide bonds. The van der Waals surface area contributed by atoms with Crippen LogP contribution in [0.4, 0.5) is 17.3 Å². The number of hydrogen-bond donors (Lipinski definition) is 1. The van der Waals surface area contributed by atoms with Gasteiger partial charge in [0.2, 0.25) is 0 Å². The molecule has 0 unspecified atom stereocenters. The summed E-state index contributed by atoms with van der Waals surface area (Å²) in [5.74, 6) is 2.29. The van der Waals surface area contributed by atoms with Gasteiger partial charge in [-0.25, -0.2) is 15.0 Å². The van der Waals surface area contributed by atoms with E-state index in [2.05, 4.69) is 20.2 Å². The molecule has 1 saturated heterocycles. The molecule has 1 fully saturated rings. The van der Waals surface area contributed by atoms with Crippen molar-refractivity contribution in [1.82, 2.24) is 15.0 Å². The number of nitrogens with one attached hydrogen (secondary N) is 1. The molecule has 4 rings (SSSR count). The molecule has 0 spiro atoms. The van der Waals surface area contributed by atoms with Crippen LogP contribution in [0.25, 0.3) is 11.4 Å². The molecule has 3 aromatic rings. The Morgan fingerprint density at radius 3 is 2.50 bits per heavy atom. The highest BCUT2D eigenvalue weighted by atomic mass is 16.6. The molecule has 8 nitrogen and oxygen atoms in total. The summed E-state index contributed by atoms with van der Waals surface area (Å²) in [6.45, 7) is 5.65. The summed E-state index contributed by atoms with van der Waals surface area (Å²) in [4.78, 5) is 26.7. The number of aryl methyl sites for hydroxylation is 2. The highest BCUT2D eigenvalue weighted by molar-refractivity contribution is 5.61. The fourth-order valence-electron chi connectivity index (χ4n) is 3.69. The Morgan fingerprint density at radius 1 is 1.00 bits per heavy atom. The van der Waals surface area contributed by atoms with E-state index in [4.69, 9.17) is 4.98 Å². The first-order valence-corrected chi connectivity index (χ1v) is 10.0. The van der Waals surface area contributed by atoms with E-state index < -0.39 is 4.92 Å². The van der Waals surface area contributed by atoms with Gasteiger partial charge in [0.05, 0.1) is 4.92 Å². The summed E-state index contributed by atoms with van der Waals surface area (Å²) < 4.78 is 0. The highest BCUT2D eigenvalue weighted by Gasteiger charge is 2.21. The number of pyridine rings is 1. The summed E-state index contributed by atoms with van der Waals surface area (Å²) in [6, 6.07) is 14.8. The molecular formula is C22H24N6O2. The monoisotopic (exact) mass is 404 g/mol. The lowest BCUT2D eigenvalue weighted by atomic mass is 10.0. The summed E-state index contributed by atoms with van der Waals surface area (Å²) in [5, 5.41) is 14.6. The molecule has 0 bridgehead atoms. The standard InChI is InChI=1S/C22H24N6O2/c1-15-5-3-8-20(23-15)25-18-9-11-27(12-10-18)21-13-16(2)24-22(26-21)17-6-4-7-19(14-17)28(29)30/h3-8,13-14,18H,9-12H2,1-2H3,(H,23,25). The molecular weight excluding hydrogens is 380 g/mol. The molecule has 1 N–H and O–H groups in total. The second-order valence-corrected chi connectivity index (χ2v) is 7.57. The molecule has 3 heterocycles. The zero-order valence-corrected chi connectivity index (χ0v) is 17.1. The first-order valence-electron chi connectivity index (χ1n) is 10.0. The molecule has 0 aliphatic carbocycles. The van der Waals surface area contributed by atoms with E-state index in [0.29, 0.717) is 17.4 Å². The summed E-state index contributed by atoms with van der Waals surface area (Å²) in [6.07, 6.45) is 1.95. The predicted octanol–water partition coefficient (Wildman–Crippen LogP) is 4.14. The van der Waals surface area contributed by atoms with Crippen molar-refractivity contribution in [3.8, 4) is 11.4 Å². The van der Waals surface area contributed by atoms with Crippen LogP contribution in [0.15, 0.2) is 48.5 Å². The van der Waals surface area contributed by atoms with Gasteiger partial charge in [0, 0.05) is 54.3 Å². The van der Waals surface area contributed by atoms with Gasteiger partial charge in [0.15, 0.2) is 5.82 Å². The third kappa shape index (κ3) is 4.53.